The fourth-order valence-electron chi connectivity index (χ4n) is 1.81. The fraction of sp³-hybridized carbons (Fsp3) is 0.533. The van der Waals surface area contributed by atoms with Crippen LogP contribution in [0.2, 0.25) is 0 Å². The first-order valence-corrected chi connectivity index (χ1v) is 6.94. The molecule has 0 aliphatic heterocycles. The molecule has 1 aliphatic carbocycles. The molecule has 5 heteroatoms. The number of hydrogen-bond donors (Lipinski definition) is 2. The van der Waals surface area contributed by atoms with Crippen molar-refractivity contribution in [3.8, 4) is 5.75 Å². The second-order valence-electron chi connectivity index (χ2n) is 5.04. The number of rotatable bonds is 8. The molecule has 2 N–H and O–H groups in total. The fourth-order valence-corrected chi connectivity index (χ4v) is 1.81. The lowest BCUT2D eigenvalue weighted by molar-refractivity contribution is -0.115. The summed E-state index contributed by atoms with van der Waals surface area (Å²) in [7, 11) is 1.63. The SMILES string of the molecule is COCCOc1cc(C)ccc1NC(=O)CNC1CC1. The number of benzene rings is 1. The van der Waals surface area contributed by atoms with E-state index in [0.29, 0.717) is 37.2 Å². The lowest BCUT2D eigenvalue weighted by atomic mass is 10.2. The van der Waals surface area contributed by atoms with Gasteiger partial charge in [-0.05, 0) is 37.5 Å². The van der Waals surface area contributed by atoms with E-state index in [1.54, 1.807) is 7.11 Å². The van der Waals surface area contributed by atoms with Crippen molar-refractivity contribution in [1.82, 2.24) is 5.32 Å². The monoisotopic (exact) mass is 278 g/mol. The Morgan fingerprint density at radius 2 is 2.15 bits per heavy atom. The number of ether oxygens (including phenoxy) is 2. The summed E-state index contributed by atoms with van der Waals surface area (Å²) in [5.74, 6) is 0.638. The molecule has 1 aromatic rings. The van der Waals surface area contributed by atoms with Gasteiger partial charge in [-0.25, -0.2) is 0 Å². The average molecular weight is 278 g/mol. The average Bonchev–Trinajstić information content (AvgIpc) is 3.24. The Balaban J connectivity index is 1.91. The summed E-state index contributed by atoms with van der Waals surface area (Å²) >= 11 is 0. The van der Waals surface area contributed by atoms with E-state index in [1.165, 1.54) is 12.8 Å². The Bertz CT molecular complexity index is 458. The van der Waals surface area contributed by atoms with Crippen molar-refractivity contribution in [3.63, 3.8) is 0 Å². The molecule has 1 saturated carbocycles. The van der Waals surface area contributed by atoms with Crippen LogP contribution in [0.15, 0.2) is 18.2 Å². The van der Waals surface area contributed by atoms with Gasteiger partial charge in [-0.1, -0.05) is 6.07 Å². The van der Waals surface area contributed by atoms with Crippen molar-refractivity contribution >= 4 is 11.6 Å². The quantitative estimate of drug-likeness (QED) is 0.711. The van der Waals surface area contributed by atoms with Gasteiger partial charge in [0, 0.05) is 13.2 Å². The van der Waals surface area contributed by atoms with Crippen LogP contribution in [-0.2, 0) is 9.53 Å². The highest BCUT2D eigenvalue weighted by molar-refractivity contribution is 5.93. The summed E-state index contributed by atoms with van der Waals surface area (Å²) in [6.45, 7) is 3.31. The van der Waals surface area contributed by atoms with Crippen molar-refractivity contribution < 1.29 is 14.3 Å². The highest BCUT2D eigenvalue weighted by Gasteiger charge is 2.21. The number of nitrogens with one attached hydrogen (secondary N) is 2. The van der Waals surface area contributed by atoms with Crippen LogP contribution in [0.5, 0.6) is 5.75 Å². The Labute approximate surface area is 119 Å². The van der Waals surface area contributed by atoms with Crippen molar-refractivity contribution in [1.29, 1.82) is 0 Å². The molecule has 0 bridgehead atoms. The molecule has 0 saturated heterocycles. The first-order valence-electron chi connectivity index (χ1n) is 6.94. The third kappa shape index (κ3) is 4.83. The molecule has 0 heterocycles. The summed E-state index contributed by atoms with van der Waals surface area (Å²) in [6, 6.07) is 6.26. The van der Waals surface area contributed by atoms with Gasteiger partial charge in [0.15, 0.2) is 0 Å². The van der Waals surface area contributed by atoms with Gasteiger partial charge in [0.2, 0.25) is 5.91 Å². The van der Waals surface area contributed by atoms with Crippen molar-refractivity contribution in [2.75, 3.05) is 32.2 Å². The summed E-state index contributed by atoms with van der Waals surface area (Å²) < 4.78 is 10.6. The third-order valence-electron chi connectivity index (χ3n) is 3.08. The predicted octanol–water partition coefficient (Wildman–Crippen LogP) is 1.71. The zero-order valence-corrected chi connectivity index (χ0v) is 12.1. The molecule has 0 unspecified atom stereocenters. The molecular weight excluding hydrogens is 256 g/mol. The van der Waals surface area contributed by atoms with Crippen LogP contribution in [-0.4, -0.2) is 38.8 Å². The van der Waals surface area contributed by atoms with Crippen LogP contribution in [0.3, 0.4) is 0 Å². The number of carbonyl (C=O) groups is 1. The molecule has 0 aromatic heterocycles. The molecule has 1 amide bonds. The lowest BCUT2D eigenvalue weighted by Crippen LogP contribution is -2.29. The summed E-state index contributed by atoms with van der Waals surface area (Å²) in [4.78, 5) is 11.9. The Hall–Kier alpha value is -1.59. The van der Waals surface area contributed by atoms with E-state index in [9.17, 15) is 4.79 Å². The van der Waals surface area contributed by atoms with Crippen LogP contribution < -0.4 is 15.4 Å². The maximum Gasteiger partial charge on any atom is 0.238 e. The standard InChI is InChI=1S/C15H22N2O3/c1-11-3-6-13(14(9-11)20-8-7-19-2)17-15(18)10-16-12-4-5-12/h3,6,9,12,16H,4-5,7-8,10H2,1-2H3,(H,17,18). The van der Waals surface area contributed by atoms with Crippen LogP contribution >= 0.6 is 0 Å². The smallest absolute Gasteiger partial charge is 0.238 e. The maximum atomic E-state index is 11.9. The highest BCUT2D eigenvalue weighted by Crippen LogP contribution is 2.25. The Kier molecular flexibility index (Phi) is 5.38. The second kappa shape index (κ2) is 7.26. The zero-order chi connectivity index (χ0) is 14.4. The van der Waals surface area contributed by atoms with E-state index in [-0.39, 0.29) is 5.91 Å². The minimum atomic E-state index is -0.0441. The van der Waals surface area contributed by atoms with E-state index in [1.807, 2.05) is 25.1 Å². The van der Waals surface area contributed by atoms with Gasteiger partial charge >= 0.3 is 0 Å². The number of carbonyl (C=O) groups excluding carboxylic acids is 1. The third-order valence-corrected chi connectivity index (χ3v) is 3.08. The van der Waals surface area contributed by atoms with Gasteiger partial charge < -0.3 is 20.1 Å². The molecule has 2 rings (SSSR count). The van der Waals surface area contributed by atoms with Crippen molar-refractivity contribution in [2.24, 2.45) is 0 Å². The van der Waals surface area contributed by atoms with Crippen LogP contribution in [0, 0.1) is 6.92 Å². The Morgan fingerprint density at radius 3 is 2.85 bits per heavy atom. The van der Waals surface area contributed by atoms with E-state index in [2.05, 4.69) is 10.6 Å². The summed E-state index contributed by atoms with van der Waals surface area (Å²) in [5.41, 5.74) is 1.79. The minimum Gasteiger partial charge on any atom is -0.489 e. The van der Waals surface area contributed by atoms with Gasteiger partial charge in [0.25, 0.3) is 0 Å². The Morgan fingerprint density at radius 1 is 1.35 bits per heavy atom. The molecule has 110 valence electrons. The first kappa shape index (κ1) is 14.8. The lowest BCUT2D eigenvalue weighted by Gasteiger charge is -2.13. The second-order valence-corrected chi connectivity index (χ2v) is 5.04. The molecule has 1 aliphatic rings. The molecule has 0 radical (unpaired) electrons. The summed E-state index contributed by atoms with van der Waals surface area (Å²) in [5, 5.41) is 6.07. The van der Waals surface area contributed by atoms with E-state index < -0.39 is 0 Å². The van der Waals surface area contributed by atoms with Crippen LogP contribution in [0.25, 0.3) is 0 Å². The van der Waals surface area contributed by atoms with Crippen molar-refractivity contribution in [3.05, 3.63) is 23.8 Å². The van der Waals surface area contributed by atoms with Gasteiger partial charge in [0.05, 0.1) is 18.8 Å². The van der Waals surface area contributed by atoms with E-state index >= 15 is 0 Å². The van der Waals surface area contributed by atoms with Gasteiger partial charge in [-0.15, -0.1) is 0 Å². The first-order chi connectivity index (χ1) is 9.69. The molecule has 0 spiro atoms. The van der Waals surface area contributed by atoms with Crippen LogP contribution in [0.4, 0.5) is 5.69 Å². The number of aryl methyl sites for hydroxylation is 1. The van der Waals surface area contributed by atoms with E-state index in [4.69, 9.17) is 9.47 Å². The van der Waals surface area contributed by atoms with Gasteiger partial charge in [-0.3, -0.25) is 4.79 Å². The van der Waals surface area contributed by atoms with Crippen molar-refractivity contribution in [2.45, 2.75) is 25.8 Å². The van der Waals surface area contributed by atoms with E-state index in [0.717, 1.165) is 5.56 Å². The largest absolute Gasteiger partial charge is 0.489 e. The topological polar surface area (TPSA) is 59.6 Å². The number of hydrogen-bond acceptors (Lipinski definition) is 4. The van der Waals surface area contributed by atoms with Crippen LogP contribution in [0.1, 0.15) is 18.4 Å². The maximum absolute atomic E-state index is 11.9. The number of methoxy groups -OCH3 is 1. The normalized spacial score (nSPS) is 14.1. The molecule has 1 fully saturated rings. The highest BCUT2D eigenvalue weighted by atomic mass is 16.5. The van der Waals surface area contributed by atoms with Gasteiger partial charge in [0.1, 0.15) is 12.4 Å². The molecule has 1 aromatic carbocycles. The molecular formula is C15H22N2O3. The minimum absolute atomic E-state index is 0.0441. The predicted molar refractivity (Wildman–Crippen MR) is 78.2 cm³/mol. The molecule has 5 nitrogen and oxygen atoms in total. The zero-order valence-electron chi connectivity index (χ0n) is 12.1. The summed E-state index contributed by atoms with van der Waals surface area (Å²) in [6.07, 6.45) is 2.34. The number of anilines is 1. The number of amides is 1. The molecule has 20 heavy (non-hydrogen) atoms. The molecule has 0 atom stereocenters. The van der Waals surface area contributed by atoms with Gasteiger partial charge in [-0.2, -0.15) is 0 Å².